The molecule has 0 bridgehead atoms. The quantitative estimate of drug-likeness (QED) is 0.335. The van der Waals surface area contributed by atoms with E-state index in [4.69, 9.17) is 32.7 Å². The van der Waals surface area contributed by atoms with Gasteiger partial charge in [0.05, 0.1) is 11.9 Å². The maximum atomic E-state index is 14.2. The largest absolute Gasteiger partial charge is 0.454 e. The van der Waals surface area contributed by atoms with Crippen molar-refractivity contribution in [3.05, 3.63) is 87.9 Å². The standard InChI is InChI=1S/C29H31Cl2N3O6S/c1-19(2)32-29(36)25(14-20-8-5-4-6-9-20)33(16-22-23(30)10-7-11-24(22)31)28(35)17-34(41(3,37)38)21-12-13-26-27(15-21)40-18-39-26/h4-13,15,19,25H,14,16-18H2,1-3H3,(H,32,36)/t25-/m0/s1. The van der Waals surface area contributed by atoms with Gasteiger partial charge in [-0.05, 0) is 43.7 Å². The maximum absolute atomic E-state index is 14.2. The first-order chi connectivity index (χ1) is 19.4. The van der Waals surface area contributed by atoms with E-state index in [1.54, 1.807) is 24.3 Å². The minimum Gasteiger partial charge on any atom is -0.454 e. The molecule has 2 amide bonds. The number of nitrogens with one attached hydrogen (secondary N) is 1. The molecule has 0 fully saturated rings. The molecule has 0 aromatic heterocycles. The van der Waals surface area contributed by atoms with Gasteiger partial charge < -0.3 is 19.7 Å². The molecular formula is C29H31Cl2N3O6S. The Morgan fingerprint density at radius 2 is 1.61 bits per heavy atom. The van der Waals surface area contributed by atoms with Crippen LogP contribution in [0.25, 0.3) is 0 Å². The van der Waals surface area contributed by atoms with Gasteiger partial charge in [-0.2, -0.15) is 0 Å². The highest BCUT2D eigenvalue weighted by atomic mass is 35.5. The second-order valence-electron chi connectivity index (χ2n) is 9.90. The van der Waals surface area contributed by atoms with E-state index in [9.17, 15) is 18.0 Å². The Hall–Kier alpha value is -3.47. The lowest BCUT2D eigenvalue weighted by Crippen LogP contribution is -2.54. The highest BCUT2D eigenvalue weighted by Gasteiger charge is 2.34. The Morgan fingerprint density at radius 3 is 2.24 bits per heavy atom. The van der Waals surface area contributed by atoms with E-state index in [1.807, 2.05) is 44.2 Å². The van der Waals surface area contributed by atoms with Crippen LogP contribution in [0.1, 0.15) is 25.0 Å². The van der Waals surface area contributed by atoms with Gasteiger partial charge in [-0.25, -0.2) is 8.42 Å². The molecule has 3 aromatic carbocycles. The van der Waals surface area contributed by atoms with E-state index in [0.29, 0.717) is 27.1 Å². The van der Waals surface area contributed by atoms with Gasteiger partial charge in [0.25, 0.3) is 0 Å². The Balaban J connectivity index is 1.76. The number of nitrogens with zero attached hydrogens (tertiary/aromatic N) is 2. The number of sulfonamides is 1. The number of benzene rings is 3. The van der Waals surface area contributed by atoms with Crippen LogP contribution in [0.5, 0.6) is 11.5 Å². The molecule has 0 saturated carbocycles. The van der Waals surface area contributed by atoms with E-state index in [1.165, 1.54) is 17.0 Å². The van der Waals surface area contributed by atoms with Crippen molar-refractivity contribution >= 4 is 50.7 Å². The molecule has 218 valence electrons. The summed E-state index contributed by atoms with van der Waals surface area (Å²) in [6, 6.07) is 17.6. The van der Waals surface area contributed by atoms with Crippen LogP contribution in [0.15, 0.2) is 66.7 Å². The minimum atomic E-state index is -3.94. The molecule has 0 unspecified atom stereocenters. The fourth-order valence-corrected chi connectivity index (χ4v) is 5.80. The molecule has 1 atom stereocenters. The summed E-state index contributed by atoms with van der Waals surface area (Å²) in [6.07, 6.45) is 1.18. The molecule has 1 heterocycles. The van der Waals surface area contributed by atoms with Crippen LogP contribution in [0.4, 0.5) is 5.69 Å². The van der Waals surface area contributed by atoms with Crippen LogP contribution < -0.4 is 19.1 Å². The van der Waals surface area contributed by atoms with Gasteiger partial charge >= 0.3 is 0 Å². The van der Waals surface area contributed by atoms with Crippen molar-refractivity contribution in [2.24, 2.45) is 0 Å². The topological polar surface area (TPSA) is 105 Å². The predicted octanol–water partition coefficient (Wildman–Crippen LogP) is 4.65. The van der Waals surface area contributed by atoms with Crippen molar-refractivity contribution in [2.45, 2.75) is 38.9 Å². The molecular weight excluding hydrogens is 589 g/mol. The number of carbonyl (C=O) groups is 2. The molecule has 3 aromatic rings. The number of rotatable bonds is 11. The zero-order valence-corrected chi connectivity index (χ0v) is 25.2. The third-order valence-corrected chi connectivity index (χ3v) is 8.26. The van der Waals surface area contributed by atoms with Crippen molar-refractivity contribution in [3.63, 3.8) is 0 Å². The molecule has 1 N–H and O–H groups in total. The second kappa shape index (κ2) is 13.0. The summed E-state index contributed by atoms with van der Waals surface area (Å²) in [5, 5.41) is 3.52. The van der Waals surface area contributed by atoms with Crippen LogP contribution in [-0.4, -0.2) is 56.8 Å². The van der Waals surface area contributed by atoms with Gasteiger partial charge in [0.15, 0.2) is 11.5 Å². The monoisotopic (exact) mass is 619 g/mol. The van der Waals surface area contributed by atoms with Gasteiger partial charge in [-0.15, -0.1) is 0 Å². The zero-order valence-electron chi connectivity index (χ0n) is 22.8. The zero-order chi connectivity index (χ0) is 29.7. The predicted molar refractivity (Wildman–Crippen MR) is 159 cm³/mol. The average Bonchev–Trinajstić information content (AvgIpc) is 3.38. The molecule has 0 saturated heterocycles. The van der Waals surface area contributed by atoms with Gasteiger partial charge in [0.1, 0.15) is 12.6 Å². The molecule has 0 radical (unpaired) electrons. The number of fused-ring (bicyclic) bond motifs is 1. The summed E-state index contributed by atoms with van der Waals surface area (Å²) in [6.45, 7) is 2.94. The third-order valence-electron chi connectivity index (χ3n) is 6.42. The lowest BCUT2D eigenvalue weighted by molar-refractivity contribution is -0.140. The summed E-state index contributed by atoms with van der Waals surface area (Å²) in [7, 11) is -3.94. The molecule has 41 heavy (non-hydrogen) atoms. The van der Waals surface area contributed by atoms with Crippen molar-refractivity contribution in [1.82, 2.24) is 10.2 Å². The lowest BCUT2D eigenvalue weighted by atomic mass is 10.0. The first-order valence-electron chi connectivity index (χ1n) is 12.9. The minimum absolute atomic E-state index is 0.00902. The summed E-state index contributed by atoms with van der Waals surface area (Å²) in [5.41, 5.74) is 1.47. The fraction of sp³-hybridized carbons (Fsp3) is 0.310. The lowest BCUT2D eigenvalue weighted by Gasteiger charge is -2.34. The van der Waals surface area contributed by atoms with Crippen molar-refractivity contribution in [2.75, 3.05) is 23.9 Å². The van der Waals surface area contributed by atoms with Gasteiger partial charge in [-0.3, -0.25) is 13.9 Å². The van der Waals surface area contributed by atoms with Crippen LogP contribution in [0, 0.1) is 0 Å². The van der Waals surface area contributed by atoms with Crippen molar-refractivity contribution in [1.29, 1.82) is 0 Å². The van der Waals surface area contributed by atoms with Crippen LogP contribution in [0.2, 0.25) is 10.0 Å². The average molecular weight is 621 g/mol. The highest BCUT2D eigenvalue weighted by Crippen LogP contribution is 2.36. The van der Waals surface area contributed by atoms with Gasteiger partial charge in [0.2, 0.25) is 28.6 Å². The number of hydrogen-bond acceptors (Lipinski definition) is 6. The molecule has 9 nitrogen and oxygen atoms in total. The Labute approximate surface area is 250 Å². The van der Waals surface area contributed by atoms with Crippen LogP contribution in [0.3, 0.4) is 0 Å². The molecule has 4 rings (SSSR count). The number of halogens is 2. The van der Waals surface area contributed by atoms with Gasteiger partial charge in [0, 0.05) is 40.7 Å². The molecule has 12 heteroatoms. The van der Waals surface area contributed by atoms with E-state index in [2.05, 4.69) is 5.32 Å². The number of amides is 2. The SMILES string of the molecule is CC(C)NC(=O)[C@H](Cc1ccccc1)N(Cc1c(Cl)cccc1Cl)C(=O)CN(c1ccc2c(c1)OCO2)S(C)(=O)=O. The second-order valence-corrected chi connectivity index (χ2v) is 12.6. The van der Waals surface area contributed by atoms with E-state index >= 15 is 0 Å². The van der Waals surface area contributed by atoms with E-state index in [0.717, 1.165) is 16.1 Å². The number of carbonyl (C=O) groups excluding carboxylic acids is 2. The molecule has 0 spiro atoms. The summed E-state index contributed by atoms with van der Waals surface area (Å²) in [5.74, 6) is -0.184. The molecule has 1 aliphatic heterocycles. The van der Waals surface area contributed by atoms with E-state index in [-0.39, 0.29) is 31.5 Å². The van der Waals surface area contributed by atoms with Crippen molar-refractivity contribution in [3.8, 4) is 11.5 Å². The number of ether oxygens (including phenoxy) is 2. The smallest absolute Gasteiger partial charge is 0.244 e. The first-order valence-corrected chi connectivity index (χ1v) is 15.5. The fourth-order valence-electron chi connectivity index (χ4n) is 4.44. The normalized spacial score (nSPS) is 13.1. The highest BCUT2D eigenvalue weighted by molar-refractivity contribution is 7.92. The van der Waals surface area contributed by atoms with Crippen LogP contribution in [-0.2, 0) is 32.6 Å². The number of anilines is 1. The molecule has 1 aliphatic rings. The van der Waals surface area contributed by atoms with Gasteiger partial charge in [-0.1, -0.05) is 59.6 Å². The summed E-state index contributed by atoms with van der Waals surface area (Å²) < 4.78 is 37.6. The van der Waals surface area contributed by atoms with E-state index < -0.39 is 34.4 Å². The Bertz CT molecular complexity index is 1500. The summed E-state index contributed by atoms with van der Waals surface area (Å²) in [4.78, 5) is 29.1. The van der Waals surface area contributed by atoms with Crippen LogP contribution >= 0.6 is 23.2 Å². The first kappa shape index (κ1) is 30.5. The Kier molecular flexibility index (Phi) is 9.68. The Morgan fingerprint density at radius 1 is 0.951 bits per heavy atom. The maximum Gasteiger partial charge on any atom is 0.244 e. The third kappa shape index (κ3) is 7.63. The number of hydrogen-bond donors (Lipinski definition) is 1. The van der Waals surface area contributed by atoms with Crippen molar-refractivity contribution < 1.29 is 27.5 Å². The summed E-state index contributed by atoms with van der Waals surface area (Å²) >= 11 is 13.0. The molecule has 0 aliphatic carbocycles.